The summed E-state index contributed by atoms with van der Waals surface area (Å²) in [7, 11) is 0. The van der Waals surface area contributed by atoms with Gasteiger partial charge < -0.3 is 14.8 Å². The molecule has 0 atom stereocenters. The van der Waals surface area contributed by atoms with Crippen LogP contribution in [0.25, 0.3) is 5.82 Å². The summed E-state index contributed by atoms with van der Waals surface area (Å²) < 4.78 is 12.5. The topological polar surface area (TPSA) is 91.2 Å². The lowest BCUT2D eigenvalue weighted by molar-refractivity contribution is -0.118. The summed E-state index contributed by atoms with van der Waals surface area (Å²) in [4.78, 5) is 20.4. The number of rotatable bonds is 7. The molecular formula is C19H21N5O3. The minimum absolute atomic E-state index is 0.132. The highest BCUT2D eigenvalue weighted by molar-refractivity contribution is 5.91. The summed E-state index contributed by atoms with van der Waals surface area (Å²) in [5.74, 6) is 1.99. The molecule has 0 saturated carbocycles. The molecule has 1 aromatic carbocycles. The number of anilines is 1. The summed E-state index contributed by atoms with van der Waals surface area (Å²) >= 11 is 0. The molecule has 3 rings (SSSR count). The van der Waals surface area contributed by atoms with Crippen molar-refractivity contribution < 1.29 is 14.3 Å². The first-order valence-electron chi connectivity index (χ1n) is 8.56. The third-order valence-corrected chi connectivity index (χ3v) is 3.65. The van der Waals surface area contributed by atoms with Crippen LogP contribution in [-0.4, -0.2) is 38.9 Å². The van der Waals surface area contributed by atoms with Crippen LogP contribution in [0.15, 0.2) is 42.7 Å². The number of ether oxygens (including phenoxy) is 2. The maximum absolute atomic E-state index is 12.1. The Morgan fingerprint density at radius 1 is 1.07 bits per heavy atom. The van der Waals surface area contributed by atoms with Gasteiger partial charge in [0.2, 0.25) is 0 Å². The first-order chi connectivity index (χ1) is 13.0. The molecule has 2 aromatic heterocycles. The van der Waals surface area contributed by atoms with Gasteiger partial charge in [-0.1, -0.05) is 0 Å². The summed E-state index contributed by atoms with van der Waals surface area (Å²) in [6, 6.07) is 10.7. The predicted octanol–water partition coefficient (Wildman–Crippen LogP) is 2.70. The van der Waals surface area contributed by atoms with E-state index in [-0.39, 0.29) is 12.5 Å². The molecule has 2 heterocycles. The number of aromatic nitrogens is 4. The second-order valence-electron chi connectivity index (χ2n) is 5.84. The van der Waals surface area contributed by atoms with Crippen LogP contribution in [0.4, 0.5) is 5.82 Å². The van der Waals surface area contributed by atoms with Gasteiger partial charge in [0, 0.05) is 11.8 Å². The maximum Gasteiger partial charge on any atom is 0.263 e. The van der Waals surface area contributed by atoms with Crippen molar-refractivity contribution in [3.05, 3.63) is 54.1 Å². The van der Waals surface area contributed by atoms with Crippen molar-refractivity contribution in [2.75, 3.05) is 18.5 Å². The van der Waals surface area contributed by atoms with Gasteiger partial charge >= 0.3 is 0 Å². The van der Waals surface area contributed by atoms with Crippen LogP contribution in [0.2, 0.25) is 0 Å². The van der Waals surface area contributed by atoms with E-state index in [4.69, 9.17) is 9.47 Å². The van der Waals surface area contributed by atoms with Crippen LogP contribution in [0.5, 0.6) is 11.5 Å². The van der Waals surface area contributed by atoms with Gasteiger partial charge in [-0.15, -0.1) is 0 Å². The Kier molecular flexibility index (Phi) is 5.65. The van der Waals surface area contributed by atoms with Gasteiger partial charge in [0.1, 0.15) is 23.6 Å². The molecule has 0 fully saturated rings. The molecule has 140 valence electrons. The van der Waals surface area contributed by atoms with E-state index in [9.17, 15) is 4.79 Å². The molecular weight excluding hydrogens is 346 g/mol. The Balaban J connectivity index is 1.59. The highest BCUT2D eigenvalue weighted by Gasteiger charge is 2.09. The summed E-state index contributed by atoms with van der Waals surface area (Å²) in [6.45, 7) is 6.23. The van der Waals surface area contributed by atoms with Gasteiger partial charge in [0.05, 0.1) is 12.3 Å². The first-order valence-corrected chi connectivity index (χ1v) is 8.56. The third-order valence-electron chi connectivity index (χ3n) is 3.65. The Hall–Kier alpha value is -3.42. The molecule has 0 saturated heterocycles. The van der Waals surface area contributed by atoms with Gasteiger partial charge in [-0.05, 0) is 51.1 Å². The number of aryl methyl sites for hydroxylation is 2. The molecule has 0 aliphatic heterocycles. The van der Waals surface area contributed by atoms with Gasteiger partial charge in [-0.25, -0.2) is 14.6 Å². The minimum Gasteiger partial charge on any atom is -0.494 e. The second kappa shape index (κ2) is 8.31. The number of nitrogens with one attached hydrogen (secondary N) is 1. The number of amides is 1. The molecule has 1 amide bonds. The van der Waals surface area contributed by atoms with Crippen LogP contribution in [0.1, 0.15) is 18.3 Å². The average Bonchev–Trinajstić information content (AvgIpc) is 3.00. The normalized spacial score (nSPS) is 10.5. The smallest absolute Gasteiger partial charge is 0.263 e. The molecule has 3 aromatic rings. The second-order valence-corrected chi connectivity index (χ2v) is 5.84. The van der Waals surface area contributed by atoms with Crippen LogP contribution in [0.3, 0.4) is 0 Å². The molecule has 0 aliphatic carbocycles. The van der Waals surface area contributed by atoms with E-state index in [1.165, 1.54) is 6.33 Å². The number of nitrogens with zero attached hydrogens (tertiary/aromatic N) is 4. The fraction of sp³-hybridized carbons (Fsp3) is 0.263. The van der Waals surface area contributed by atoms with Crippen molar-refractivity contribution in [1.29, 1.82) is 0 Å². The van der Waals surface area contributed by atoms with Crippen molar-refractivity contribution in [2.24, 2.45) is 0 Å². The lowest BCUT2D eigenvalue weighted by Gasteiger charge is -2.09. The van der Waals surface area contributed by atoms with Crippen molar-refractivity contribution in [2.45, 2.75) is 20.8 Å². The van der Waals surface area contributed by atoms with E-state index >= 15 is 0 Å². The SMILES string of the molecule is CCOc1ccc(OCC(=O)Nc2cc(-n3nc(C)cc3C)ncn2)cc1. The molecule has 1 N–H and O–H groups in total. The molecule has 0 spiro atoms. The fourth-order valence-electron chi connectivity index (χ4n) is 2.52. The average molecular weight is 367 g/mol. The number of carbonyl (C=O) groups excluding carboxylic acids is 1. The van der Waals surface area contributed by atoms with Crippen LogP contribution < -0.4 is 14.8 Å². The monoisotopic (exact) mass is 367 g/mol. The predicted molar refractivity (Wildman–Crippen MR) is 100 cm³/mol. The van der Waals surface area contributed by atoms with E-state index in [1.807, 2.05) is 26.8 Å². The lowest BCUT2D eigenvalue weighted by atomic mass is 10.3. The van der Waals surface area contributed by atoms with E-state index in [2.05, 4.69) is 20.4 Å². The number of benzene rings is 1. The Morgan fingerprint density at radius 3 is 2.41 bits per heavy atom. The van der Waals surface area contributed by atoms with Crippen molar-refractivity contribution in [3.63, 3.8) is 0 Å². The largest absolute Gasteiger partial charge is 0.494 e. The van der Waals surface area contributed by atoms with Crippen molar-refractivity contribution in [1.82, 2.24) is 19.7 Å². The van der Waals surface area contributed by atoms with Gasteiger partial charge in [0.15, 0.2) is 12.4 Å². The van der Waals surface area contributed by atoms with E-state index in [1.54, 1.807) is 35.0 Å². The van der Waals surface area contributed by atoms with Crippen LogP contribution in [0, 0.1) is 13.8 Å². The van der Waals surface area contributed by atoms with Gasteiger partial charge in [0.25, 0.3) is 5.91 Å². The number of hydrogen-bond acceptors (Lipinski definition) is 6. The maximum atomic E-state index is 12.1. The number of carbonyl (C=O) groups is 1. The van der Waals surface area contributed by atoms with E-state index in [0.29, 0.717) is 24.0 Å². The van der Waals surface area contributed by atoms with Gasteiger partial charge in [-0.3, -0.25) is 4.79 Å². The number of hydrogen-bond donors (Lipinski definition) is 1. The van der Waals surface area contributed by atoms with Crippen molar-refractivity contribution >= 4 is 11.7 Å². The zero-order chi connectivity index (χ0) is 19.2. The third kappa shape index (κ3) is 4.81. The summed E-state index contributed by atoms with van der Waals surface area (Å²) in [6.07, 6.45) is 1.38. The van der Waals surface area contributed by atoms with E-state index in [0.717, 1.165) is 17.1 Å². The minimum atomic E-state index is -0.318. The molecule has 0 radical (unpaired) electrons. The summed E-state index contributed by atoms with van der Waals surface area (Å²) in [5.41, 5.74) is 1.84. The highest BCUT2D eigenvalue weighted by Crippen LogP contribution is 2.17. The standard InChI is InChI=1S/C19H21N5O3/c1-4-26-15-5-7-16(8-6-15)27-11-19(25)22-17-10-18(21-12-20-17)24-14(3)9-13(2)23-24/h5-10,12H,4,11H2,1-3H3,(H,20,21,22,25). The molecule has 8 nitrogen and oxygen atoms in total. The summed E-state index contributed by atoms with van der Waals surface area (Å²) in [5, 5.41) is 7.08. The molecule has 27 heavy (non-hydrogen) atoms. The van der Waals surface area contributed by atoms with E-state index < -0.39 is 0 Å². The fourth-order valence-corrected chi connectivity index (χ4v) is 2.52. The lowest BCUT2D eigenvalue weighted by Crippen LogP contribution is -2.21. The van der Waals surface area contributed by atoms with Gasteiger partial charge in [-0.2, -0.15) is 5.10 Å². The molecule has 0 bridgehead atoms. The Morgan fingerprint density at radius 2 is 1.78 bits per heavy atom. The molecule has 0 unspecified atom stereocenters. The van der Waals surface area contributed by atoms with Crippen LogP contribution in [-0.2, 0) is 4.79 Å². The van der Waals surface area contributed by atoms with Crippen LogP contribution >= 0.6 is 0 Å². The van der Waals surface area contributed by atoms with Crippen molar-refractivity contribution in [3.8, 4) is 17.3 Å². The first kappa shape index (κ1) is 18.4. The zero-order valence-electron chi connectivity index (χ0n) is 15.5. The Bertz CT molecular complexity index is 921. The highest BCUT2D eigenvalue weighted by atomic mass is 16.5. The molecule has 8 heteroatoms. The quantitative estimate of drug-likeness (QED) is 0.690. The zero-order valence-corrected chi connectivity index (χ0v) is 15.5. The Labute approximate surface area is 157 Å². The molecule has 0 aliphatic rings.